The number of hydrogen-bond donors (Lipinski definition) is 5. The SMILES string of the molecule is CC(=O)c1ccccc1C(=O)O.CC(=O)c1ccccc1C(=O)O.CI.CI.IC(I)I.ICI.I[I-]I.O=C(O)CC(=O)O.O=C1CCC(=O)c2ccccc21.O=C1OC(=O)c2ccccc21.O=C1OC(Br)(CBr)c2ccccc21.O=C1OC(O)(CBr)c2ccccc21. The van der Waals surface area contributed by atoms with Crippen molar-refractivity contribution < 1.29 is 111 Å². The number of alkyl halides is 10. The molecule has 20 nitrogen and oxygen atoms in total. The molecule has 5 N–H and O–H groups in total. The van der Waals surface area contributed by atoms with Gasteiger partial charge in [0.15, 0.2) is 23.1 Å². The number of aromatic carboxylic acids is 2. The first-order valence-electron chi connectivity index (χ1n) is 25.3. The molecule has 6 aromatic carbocycles. The van der Waals surface area contributed by atoms with Crippen molar-refractivity contribution >= 4 is 314 Å². The molecule has 0 radical (unpaired) electrons. The van der Waals surface area contributed by atoms with Crippen molar-refractivity contribution in [1.82, 2.24) is 0 Å². The maximum absolute atomic E-state index is 11.4. The quantitative estimate of drug-likeness (QED) is 0.0236. The molecule has 3 aliphatic heterocycles. The van der Waals surface area contributed by atoms with Crippen LogP contribution in [-0.4, -0.2) is 119 Å². The molecule has 4 aliphatic rings. The van der Waals surface area contributed by atoms with Crippen LogP contribution in [0.1, 0.15) is 148 Å². The third kappa shape index (κ3) is 34.4. The van der Waals surface area contributed by atoms with Crippen molar-refractivity contribution in [2.75, 3.05) is 23.0 Å². The van der Waals surface area contributed by atoms with Gasteiger partial charge in [0.05, 0.1) is 46.5 Å². The molecule has 0 amide bonds. The van der Waals surface area contributed by atoms with E-state index in [4.69, 9.17) is 29.9 Å². The molecule has 0 fully saturated rings. The first-order valence-corrected chi connectivity index (χ1v) is 52.0. The fourth-order valence-electron chi connectivity index (χ4n) is 7.29. The monoisotopic (exact) mass is 2610 g/mol. The number of halogens is 13. The molecule has 33 heteroatoms. The fourth-order valence-corrected chi connectivity index (χ4v) is 8.61. The number of benzene rings is 6. The summed E-state index contributed by atoms with van der Waals surface area (Å²) in [5.41, 5.74) is 5.01. The van der Waals surface area contributed by atoms with Crippen molar-refractivity contribution in [2.24, 2.45) is 0 Å². The topological polar surface area (TPSA) is 334 Å². The molecule has 2 atom stereocenters. The zero-order valence-corrected chi connectivity index (χ0v) is 75.3. The molecule has 0 spiro atoms. The molecule has 94 heavy (non-hydrogen) atoms. The van der Waals surface area contributed by atoms with E-state index < -0.39 is 58.5 Å². The van der Waals surface area contributed by atoms with Gasteiger partial charge in [-0.05, 0) is 76.0 Å². The molecule has 1 aliphatic carbocycles. The van der Waals surface area contributed by atoms with E-state index >= 15 is 0 Å². The molecule has 2 unspecified atom stereocenters. The zero-order chi connectivity index (χ0) is 72.5. The van der Waals surface area contributed by atoms with E-state index in [0.717, 1.165) is 5.50 Å². The van der Waals surface area contributed by atoms with Gasteiger partial charge in [0.2, 0.25) is 10.3 Å². The second-order valence-electron chi connectivity index (χ2n) is 16.9. The predicted octanol–water partition coefficient (Wildman–Crippen LogP) is 15.0. The van der Waals surface area contributed by atoms with Crippen molar-refractivity contribution in [2.45, 2.75) is 43.3 Å². The molecule has 0 bridgehead atoms. The van der Waals surface area contributed by atoms with Gasteiger partial charge >= 0.3 is 98.2 Å². The summed E-state index contributed by atoms with van der Waals surface area (Å²) in [6, 6.07) is 40.0. The van der Waals surface area contributed by atoms with Crippen molar-refractivity contribution in [3.8, 4) is 0 Å². The average molecular weight is 2620 g/mol. The number of carboxylic acids is 4. The van der Waals surface area contributed by atoms with E-state index in [1.165, 1.54) is 40.5 Å². The second kappa shape index (κ2) is 52.6. The van der Waals surface area contributed by atoms with Crippen LogP contribution in [-0.2, 0) is 34.1 Å². The van der Waals surface area contributed by atoms with Gasteiger partial charge in [-0.25, -0.2) is 28.8 Å². The normalized spacial score (nSPS) is 14.7. The minimum atomic E-state index is -1.49. The summed E-state index contributed by atoms with van der Waals surface area (Å²) in [5.74, 6) is -8.38. The van der Waals surface area contributed by atoms with E-state index in [0.29, 0.717) is 70.4 Å². The largest absolute Gasteiger partial charge is 0.481 e. The number of ether oxygens (including phenoxy) is 3. The zero-order valence-electron chi connectivity index (χ0n) is 48.9. The predicted molar refractivity (Wildman–Crippen MR) is 440 cm³/mol. The maximum Gasteiger partial charge on any atom is 0.346 e. The first-order chi connectivity index (χ1) is 44.4. The molecule has 6 aromatic rings. The fraction of sp³-hybridized carbons (Fsp3) is 0.213. The van der Waals surface area contributed by atoms with Gasteiger partial charge in [0.25, 0.3) is 0 Å². The number of fused-ring (bicyclic) bond motifs is 4. The number of Topliss-reactive ketones (excluding diaryl/α,β-unsaturated/α-hetero) is 4. The van der Waals surface area contributed by atoms with Crippen molar-refractivity contribution in [3.05, 3.63) is 212 Å². The van der Waals surface area contributed by atoms with E-state index in [-0.39, 0.29) is 56.7 Å². The Morgan fingerprint density at radius 3 is 1.04 bits per heavy atom. The summed E-state index contributed by atoms with van der Waals surface area (Å²) >= 11 is 30.9. The Morgan fingerprint density at radius 1 is 0.479 bits per heavy atom. The van der Waals surface area contributed by atoms with Gasteiger partial charge in [-0.15, -0.1) is 0 Å². The molecule has 0 saturated heterocycles. The Hall–Kier alpha value is -1.34. The van der Waals surface area contributed by atoms with Crippen LogP contribution < -0.4 is 13.3 Å². The number of aliphatic hydroxyl groups is 1. The molecule has 0 saturated carbocycles. The van der Waals surface area contributed by atoms with Gasteiger partial charge < -0.3 is 39.7 Å². The minimum absolute atomic E-state index is 0.0602. The van der Waals surface area contributed by atoms with Crippen LogP contribution in [0.25, 0.3) is 0 Å². The van der Waals surface area contributed by atoms with Crippen LogP contribution in [0.4, 0.5) is 0 Å². The number of carboxylic acid groups (broad SMARTS) is 4. The van der Waals surface area contributed by atoms with Crippen LogP contribution in [0.5, 0.6) is 0 Å². The number of cyclic esters (lactones) is 4. The van der Waals surface area contributed by atoms with Crippen LogP contribution in [0.15, 0.2) is 146 Å². The van der Waals surface area contributed by atoms with Gasteiger partial charge in [-0.3, -0.25) is 28.8 Å². The molecular formula is C61H54Br3I10O20-. The van der Waals surface area contributed by atoms with Crippen molar-refractivity contribution in [1.29, 1.82) is 0 Å². The molecule has 10 rings (SSSR count). The summed E-state index contributed by atoms with van der Waals surface area (Å²) < 4.78 is 15.6. The van der Waals surface area contributed by atoms with Crippen LogP contribution in [0, 0.1) is 0 Å². The number of carbonyl (C=O) groups excluding carboxylic acids is 8. The van der Waals surface area contributed by atoms with Gasteiger partial charge in [0, 0.05) is 46.2 Å². The maximum atomic E-state index is 11.4. The van der Waals surface area contributed by atoms with Gasteiger partial charge in [-0.2, -0.15) is 0 Å². The van der Waals surface area contributed by atoms with Crippen molar-refractivity contribution in [3.63, 3.8) is 0 Å². The Bertz CT molecular complexity index is 3210. The van der Waals surface area contributed by atoms with E-state index in [9.17, 15) is 62.6 Å². The Balaban J connectivity index is 0. The summed E-state index contributed by atoms with van der Waals surface area (Å²) in [6.45, 7) is 2.70. The van der Waals surface area contributed by atoms with Crippen LogP contribution >= 0.6 is 243 Å². The average Bonchev–Trinajstić information content (AvgIpc) is 1.63. The minimum Gasteiger partial charge on any atom is -0.481 e. The van der Waals surface area contributed by atoms with Gasteiger partial charge in [-0.1, -0.05) is 299 Å². The smallest absolute Gasteiger partial charge is 0.346 e. The molecular weight excluding hydrogens is 2560 g/mol. The number of esters is 4. The number of hydrogen-bond acceptors (Lipinski definition) is 16. The first kappa shape index (κ1) is 94.7. The third-order valence-electron chi connectivity index (χ3n) is 11.0. The Morgan fingerprint density at radius 2 is 0.755 bits per heavy atom. The Kier molecular flexibility index (Phi) is 53.0. The molecule has 0 aromatic heterocycles. The number of aliphatic carboxylic acids is 2. The van der Waals surface area contributed by atoms with Gasteiger partial charge in [0.1, 0.15) is 6.36 Å². The molecule has 3 heterocycles. The van der Waals surface area contributed by atoms with E-state index in [1.807, 2.05) is 28.1 Å². The third-order valence-corrected chi connectivity index (χ3v) is 14.2. The van der Waals surface area contributed by atoms with E-state index in [2.05, 4.69) is 248 Å². The number of carbonyl (C=O) groups is 12. The van der Waals surface area contributed by atoms with Crippen LogP contribution in [0.2, 0.25) is 0 Å². The number of ketones is 4. The second-order valence-corrected chi connectivity index (χ2v) is 50.9. The summed E-state index contributed by atoms with van der Waals surface area (Å²) in [6.07, 6.45) is -0.0638. The van der Waals surface area contributed by atoms with E-state index in [1.54, 1.807) is 103 Å². The number of rotatable bonds is 8. The summed E-state index contributed by atoms with van der Waals surface area (Å²) in [7, 11) is 0. The molecule has 510 valence electrons. The van der Waals surface area contributed by atoms with Crippen LogP contribution in [0.3, 0.4) is 0 Å². The summed E-state index contributed by atoms with van der Waals surface area (Å²) in [4.78, 5) is 133. The standard InChI is InChI=1S/C10H8O2.C9H6Br2O2.C9H7BrO3.2C9H8O3.C8H4O3.C3H4O4.CHI3.CH2I2.2CH3I.I3/c11-9-5-6-10(12)8-4-2-1-3-7(8)9;10-5-9(11)7-4-2-1-3-6(7)8(12)13-9;10-5-9(12)7-4-2-1-3-6(7)8(11)13-9;2*1-6(10)7-4-2-3-5-8(7)9(11)12;9-7-5-3-1-2-4-6(5)8(10)11-7;4-2(5)1-3(6)7;2-1(3)4;2-1-3;2*1-2;1-3-2/h1-4H,5-6H2;1-4H,5H2;1-4,12H,5H2;2*2-5H,1H3,(H,11,12);1-4H;1H2,(H,4,5)(H,6,7);1H;1H2;2*1H3;/q;;;;;;;;;;;-1. The Labute approximate surface area is 692 Å². The summed E-state index contributed by atoms with van der Waals surface area (Å²) in [5, 5.41) is 43.3.